The molecule has 0 radical (unpaired) electrons. The van der Waals surface area contributed by atoms with E-state index < -0.39 is 0 Å². The fourth-order valence-electron chi connectivity index (χ4n) is 2.04. The van der Waals surface area contributed by atoms with Gasteiger partial charge in [0.2, 0.25) is 0 Å². The van der Waals surface area contributed by atoms with E-state index in [1.165, 1.54) is 4.68 Å². The standard InChI is InChI=1S/C14H11Cl2N5/c1-8-5-6-11(17)9(7-8)14-18-19-20-21(14)12-4-2-3-10(15)13(12)16/h2-7H,17H2,1H3. The number of nitrogen functional groups attached to an aromatic ring is 1. The molecular weight excluding hydrogens is 309 g/mol. The van der Waals surface area contributed by atoms with Crippen LogP contribution in [-0.4, -0.2) is 20.2 Å². The van der Waals surface area contributed by atoms with Gasteiger partial charge in [0.15, 0.2) is 5.82 Å². The zero-order chi connectivity index (χ0) is 15.0. The Morgan fingerprint density at radius 2 is 1.95 bits per heavy atom. The average Bonchev–Trinajstić information content (AvgIpc) is 2.93. The van der Waals surface area contributed by atoms with Crippen molar-refractivity contribution in [1.29, 1.82) is 0 Å². The predicted molar refractivity (Wildman–Crippen MR) is 83.8 cm³/mol. The molecule has 7 heteroatoms. The van der Waals surface area contributed by atoms with Crippen LogP contribution >= 0.6 is 23.2 Å². The van der Waals surface area contributed by atoms with E-state index in [4.69, 9.17) is 28.9 Å². The van der Waals surface area contributed by atoms with Gasteiger partial charge in [0.1, 0.15) is 0 Å². The molecule has 0 aliphatic heterocycles. The molecule has 0 spiro atoms. The monoisotopic (exact) mass is 319 g/mol. The van der Waals surface area contributed by atoms with Gasteiger partial charge in [-0.1, -0.05) is 40.9 Å². The molecule has 0 unspecified atom stereocenters. The van der Waals surface area contributed by atoms with E-state index in [-0.39, 0.29) is 0 Å². The third-order valence-corrected chi connectivity index (χ3v) is 3.89. The van der Waals surface area contributed by atoms with E-state index in [0.717, 1.165) is 11.1 Å². The molecule has 1 aromatic heterocycles. The van der Waals surface area contributed by atoms with Gasteiger partial charge in [-0.05, 0) is 41.6 Å². The van der Waals surface area contributed by atoms with Crippen LogP contribution in [-0.2, 0) is 0 Å². The summed E-state index contributed by atoms with van der Waals surface area (Å²) >= 11 is 12.3. The Morgan fingerprint density at radius 3 is 2.76 bits per heavy atom. The fraction of sp³-hybridized carbons (Fsp3) is 0.0714. The van der Waals surface area contributed by atoms with Crippen LogP contribution in [0.4, 0.5) is 5.69 Å². The highest BCUT2D eigenvalue weighted by Crippen LogP contribution is 2.32. The second-order valence-corrected chi connectivity index (χ2v) is 5.36. The van der Waals surface area contributed by atoms with Gasteiger partial charge >= 0.3 is 0 Å². The number of hydrogen-bond acceptors (Lipinski definition) is 4. The lowest BCUT2D eigenvalue weighted by molar-refractivity contribution is 0.791. The molecule has 0 fully saturated rings. The molecule has 0 aliphatic rings. The Balaban J connectivity index is 2.22. The Morgan fingerprint density at radius 1 is 1.14 bits per heavy atom. The second-order valence-electron chi connectivity index (χ2n) is 4.58. The molecule has 106 valence electrons. The fourth-order valence-corrected chi connectivity index (χ4v) is 2.41. The van der Waals surface area contributed by atoms with Crippen LogP contribution in [0, 0.1) is 6.92 Å². The van der Waals surface area contributed by atoms with Crippen molar-refractivity contribution < 1.29 is 0 Å². The number of aryl methyl sites for hydroxylation is 1. The van der Waals surface area contributed by atoms with Crippen molar-refractivity contribution in [3.8, 4) is 17.1 Å². The van der Waals surface area contributed by atoms with Crippen molar-refractivity contribution in [2.45, 2.75) is 6.92 Å². The Kier molecular flexibility index (Phi) is 3.53. The number of nitrogens with zero attached hydrogens (tertiary/aromatic N) is 4. The topological polar surface area (TPSA) is 69.6 Å². The minimum absolute atomic E-state index is 0.388. The number of hydrogen-bond donors (Lipinski definition) is 1. The molecule has 0 bridgehead atoms. The molecule has 3 aromatic rings. The van der Waals surface area contributed by atoms with Gasteiger partial charge in [-0.2, -0.15) is 4.68 Å². The summed E-state index contributed by atoms with van der Waals surface area (Å²) < 4.78 is 1.53. The summed E-state index contributed by atoms with van der Waals surface area (Å²) in [5.74, 6) is 0.514. The highest BCUT2D eigenvalue weighted by atomic mass is 35.5. The summed E-state index contributed by atoms with van der Waals surface area (Å²) in [5, 5.41) is 12.6. The molecule has 3 rings (SSSR count). The first kappa shape index (κ1) is 13.9. The number of benzene rings is 2. The van der Waals surface area contributed by atoms with Gasteiger partial charge in [0.25, 0.3) is 0 Å². The molecular formula is C14H11Cl2N5. The van der Waals surface area contributed by atoms with Crippen LogP contribution in [0.2, 0.25) is 10.0 Å². The molecule has 0 amide bonds. The third-order valence-electron chi connectivity index (χ3n) is 3.08. The molecule has 2 aromatic carbocycles. The quantitative estimate of drug-likeness (QED) is 0.733. The van der Waals surface area contributed by atoms with Crippen molar-refractivity contribution in [3.63, 3.8) is 0 Å². The molecule has 0 saturated carbocycles. The van der Waals surface area contributed by atoms with E-state index in [9.17, 15) is 0 Å². The smallest absolute Gasteiger partial charge is 0.189 e. The normalized spacial score (nSPS) is 10.8. The number of nitrogens with two attached hydrogens (primary N) is 1. The van der Waals surface area contributed by atoms with E-state index in [1.54, 1.807) is 18.2 Å². The lowest BCUT2D eigenvalue weighted by Crippen LogP contribution is -2.03. The maximum absolute atomic E-state index is 6.24. The summed E-state index contributed by atoms with van der Waals surface area (Å²) in [4.78, 5) is 0. The molecule has 1 heterocycles. The van der Waals surface area contributed by atoms with Gasteiger partial charge in [-0.25, -0.2) is 0 Å². The first-order valence-electron chi connectivity index (χ1n) is 6.17. The van der Waals surface area contributed by atoms with Crippen LogP contribution < -0.4 is 5.73 Å². The zero-order valence-electron chi connectivity index (χ0n) is 11.1. The minimum atomic E-state index is 0.388. The predicted octanol–water partition coefficient (Wildman–Crippen LogP) is 3.53. The number of rotatable bonds is 2. The van der Waals surface area contributed by atoms with Crippen molar-refractivity contribution in [1.82, 2.24) is 20.2 Å². The third kappa shape index (κ3) is 2.46. The molecule has 0 atom stereocenters. The minimum Gasteiger partial charge on any atom is -0.398 e. The molecule has 0 saturated heterocycles. The lowest BCUT2D eigenvalue weighted by Gasteiger charge is -2.09. The van der Waals surface area contributed by atoms with Gasteiger partial charge in [0, 0.05) is 11.3 Å². The first-order valence-corrected chi connectivity index (χ1v) is 6.93. The van der Waals surface area contributed by atoms with Crippen LogP contribution in [0.15, 0.2) is 36.4 Å². The summed E-state index contributed by atoms with van der Waals surface area (Å²) in [5.41, 5.74) is 9.03. The first-order chi connectivity index (χ1) is 10.1. The lowest BCUT2D eigenvalue weighted by atomic mass is 10.1. The van der Waals surface area contributed by atoms with Crippen LogP contribution in [0.3, 0.4) is 0 Å². The Bertz CT molecular complexity index is 796. The number of halogens is 2. The van der Waals surface area contributed by atoms with Crippen LogP contribution in [0.1, 0.15) is 5.56 Å². The largest absolute Gasteiger partial charge is 0.398 e. The van der Waals surface area contributed by atoms with E-state index in [0.29, 0.717) is 27.2 Å². The average molecular weight is 320 g/mol. The summed E-state index contributed by atoms with van der Waals surface area (Å²) in [7, 11) is 0. The zero-order valence-corrected chi connectivity index (χ0v) is 12.6. The van der Waals surface area contributed by atoms with E-state index in [1.807, 2.05) is 25.1 Å². The summed E-state index contributed by atoms with van der Waals surface area (Å²) in [6.07, 6.45) is 0. The Hall–Kier alpha value is -2.11. The van der Waals surface area contributed by atoms with Crippen molar-refractivity contribution >= 4 is 28.9 Å². The second kappa shape index (κ2) is 5.35. The van der Waals surface area contributed by atoms with Gasteiger partial charge in [0.05, 0.1) is 15.7 Å². The number of tetrazole rings is 1. The maximum atomic E-state index is 6.24. The highest BCUT2D eigenvalue weighted by molar-refractivity contribution is 6.43. The van der Waals surface area contributed by atoms with Gasteiger partial charge < -0.3 is 5.73 Å². The SMILES string of the molecule is Cc1ccc(N)c(-c2nnnn2-c2cccc(Cl)c2Cl)c1. The van der Waals surface area contributed by atoms with E-state index >= 15 is 0 Å². The van der Waals surface area contributed by atoms with Crippen LogP contribution in [0.5, 0.6) is 0 Å². The van der Waals surface area contributed by atoms with Gasteiger partial charge in [-0.15, -0.1) is 5.10 Å². The van der Waals surface area contributed by atoms with Crippen LogP contribution in [0.25, 0.3) is 17.1 Å². The molecule has 5 nitrogen and oxygen atoms in total. The van der Waals surface area contributed by atoms with E-state index in [2.05, 4.69) is 15.5 Å². The van der Waals surface area contributed by atoms with Crippen molar-refractivity contribution in [2.24, 2.45) is 0 Å². The van der Waals surface area contributed by atoms with Gasteiger partial charge in [-0.3, -0.25) is 0 Å². The Labute approximate surface area is 131 Å². The molecule has 2 N–H and O–H groups in total. The molecule has 0 aliphatic carbocycles. The highest BCUT2D eigenvalue weighted by Gasteiger charge is 2.16. The number of anilines is 1. The van der Waals surface area contributed by atoms with Crippen molar-refractivity contribution in [3.05, 3.63) is 52.0 Å². The maximum Gasteiger partial charge on any atom is 0.189 e. The number of aromatic nitrogens is 4. The summed E-state index contributed by atoms with van der Waals surface area (Å²) in [6.45, 7) is 1.98. The summed E-state index contributed by atoms with van der Waals surface area (Å²) in [6, 6.07) is 11.0. The van der Waals surface area contributed by atoms with Crippen molar-refractivity contribution in [2.75, 3.05) is 5.73 Å². The molecule has 21 heavy (non-hydrogen) atoms.